The minimum Gasteiger partial charge on any atom is -0.493 e. The standard InChI is InChI=1S/C11H7FN4O2/c12-6-1-2-8-13-4-7(16(8)5-6)11-14-9(17)3-10(18)15-11/h1-5H,(H2,14,15,17,18). The number of nitrogens with zero attached hydrogens (tertiary/aromatic N) is 4. The molecule has 0 spiro atoms. The third-order valence-corrected chi connectivity index (χ3v) is 2.40. The van der Waals surface area contributed by atoms with Gasteiger partial charge < -0.3 is 10.2 Å². The summed E-state index contributed by atoms with van der Waals surface area (Å²) in [6.45, 7) is 0. The van der Waals surface area contributed by atoms with Crippen LogP contribution in [0.3, 0.4) is 0 Å². The van der Waals surface area contributed by atoms with Crippen molar-refractivity contribution in [3.8, 4) is 23.3 Å². The molecule has 0 unspecified atom stereocenters. The molecule has 3 rings (SSSR count). The molecule has 0 saturated carbocycles. The normalized spacial score (nSPS) is 10.9. The number of rotatable bonds is 1. The number of aromatic nitrogens is 4. The average molecular weight is 246 g/mol. The number of pyridine rings is 1. The molecule has 0 radical (unpaired) electrons. The monoisotopic (exact) mass is 246 g/mol. The van der Waals surface area contributed by atoms with E-state index in [0.717, 1.165) is 6.07 Å². The molecular formula is C11H7FN4O2. The van der Waals surface area contributed by atoms with Crippen LogP contribution in [-0.4, -0.2) is 29.6 Å². The van der Waals surface area contributed by atoms with Crippen molar-refractivity contribution < 1.29 is 14.6 Å². The van der Waals surface area contributed by atoms with Crippen molar-refractivity contribution in [2.45, 2.75) is 0 Å². The highest BCUT2D eigenvalue weighted by Gasteiger charge is 2.11. The lowest BCUT2D eigenvalue weighted by Crippen LogP contribution is -1.94. The van der Waals surface area contributed by atoms with Gasteiger partial charge in [-0.1, -0.05) is 0 Å². The summed E-state index contributed by atoms with van der Waals surface area (Å²) in [4.78, 5) is 11.6. The molecule has 3 heterocycles. The Morgan fingerprint density at radius 2 is 1.83 bits per heavy atom. The maximum Gasteiger partial charge on any atom is 0.218 e. The molecule has 0 bridgehead atoms. The van der Waals surface area contributed by atoms with Crippen molar-refractivity contribution in [2.24, 2.45) is 0 Å². The Labute approximate surface area is 100 Å². The fourth-order valence-corrected chi connectivity index (χ4v) is 1.66. The van der Waals surface area contributed by atoms with Crippen LogP contribution in [0.15, 0.2) is 30.6 Å². The van der Waals surface area contributed by atoms with E-state index in [-0.39, 0.29) is 17.6 Å². The Hall–Kier alpha value is -2.70. The van der Waals surface area contributed by atoms with E-state index in [2.05, 4.69) is 15.0 Å². The van der Waals surface area contributed by atoms with Gasteiger partial charge in [0.25, 0.3) is 0 Å². The van der Waals surface area contributed by atoms with Crippen molar-refractivity contribution in [2.75, 3.05) is 0 Å². The molecule has 0 aliphatic carbocycles. The van der Waals surface area contributed by atoms with Crippen LogP contribution in [0, 0.1) is 5.82 Å². The van der Waals surface area contributed by atoms with Crippen molar-refractivity contribution >= 4 is 5.65 Å². The van der Waals surface area contributed by atoms with E-state index in [1.54, 1.807) is 0 Å². The van der Waals surface area contributed by atoms with Gasteiger partial charge in [0.2, 0.25) is 11.8 Å². The minimum atomic E-state index is -0.439. The van der Waals surface area contributed by atoms with Gasteiger partial charge in [-0.25, -0.2) is 9.37 Å². The third kappa shape index (κ3) is 1.61. The Kier molecular flexibility index (Phi) is 2.12. The van der Waals surface area contributed by atoms with E-state index >= 15 is 0 Å². The quantitative estimate of drug-likeness (QED) is 0.677. The molecule has 0 saturated heterocycles. The van der Waals surface area contributed by atoms with Crippen LogP contribution in [0.5, 0.6) is 11.8 Å². The molecule has 6 nitrogen and oxygen atoms in total. The summed E-state index contributed by atoms with van der Waals surface area (Å²) in [7, 11) is 0. The second-order valence-corrected chi connectivity index (χ2v) is 3.63. The fourth-order valence-electron chi connectivity index (χ4n) is 1.66. The summed E-state index contributed by atoms with van der Waals surface area (Å²) in [6.07, 6.45) is 2.66. The van der Waals surface area contributed by atoms with Crippen LogP contribution in [0.1, 0.15) is 0 Å². The van der Waals surface area contributed by atoms with Gasteiger partial charge in [0.1, 0.15) is 17.2 Å². The largest absolute Gasteiger partial charge is 0.493 e. The summed E-state index contributed by atoms with van der Waals surface area (Å²) in [5.74, 6) is -1.12. The third-order valence-electron chi connectivity index (χ3n) is 2.40. The predicted octanol–water partition coefficient (Wildman–Crippen LogP) is 1.34. The van der Waals surface area contributed by atoms with Crippen LogP contribution < -0.4 is 0 Å². The van der Waals surface area contributed by atoms with Crippen LogP contribution in [-0.2, 0) is 0 Å². The molecule has 90 valence electrons. The number of hydrogen-bond acceptors (Lipinski definition) is 5. The highest BCUT2D eigenvalue weighted by Crippen LogP contribution is 2.22. The van der Waals surface area contributed by atoms with Gasteiger partial charge in [-0.2, -0.15) is 9.97 Å². The van der Waals surface area contributed by atoms with E-state index in [4.69, 9.17) is 0 Å². The highest BCUT2D eigenvalue weighted by atomic mass is 19.1. The number of halogens is 1. The number of aromatic hydroxyl groups is 2. The Morgan fingerprint density at radius 1 is 1.11 bits per heavy atom. The van der Waals surface area contributed by atoms with Gasteiger partial charge >= 0.3 is 0 Å². The zero-order chi connectivity index (χ0) is 12.7. The summed E-state index contributed by atoms with van der Waals surface area (Å²) < 4.78 is 14.6. The maximum atomic E-state index is 13.2. The molecule has 0 aromatic carbocycles. The summed E-state index contributed by atoms with van der Waals surface area (Å²) >= 11 is 0. The lowest BCUT2D eigenvalue weighted by molar-refractivity contribution is 0.422. The zero-order valence-electron chi connectivity index (χ0n) is 8.95. The first-order chi connectivity index (χ1) is 8.63. The van der Waals surface area contributed by atoms with Gasteiger partial charge in [-0.3, -0.25) is 4.40 Å². The molecule has 18 heavy (non-hydrogen) atoms. The number of hydrogen-bond donors (Lipinski definition) is 2. The van der Waals surface area contributed by atoms with Crippen LogP contribution in [0.25, 0.3) is 17.2 Å². The summed E-state index contributed by atoms with van der Waals surface area (Å²) in [5, 5.41) is 18.6. The molecular weight excluding hydrogens is 239 g/mol. The fraction of sp³-hybridized carbons (Fsp3) is 0. The predicted molar refractivity (Wildman–Crippen MR) is 59.5 cm³/mol. The average Bonchev–Trinajstić information content (AvgIpc) is 2.70. The Morgan fingerprint density at radius 3 is 2.56 bits per heavy atom. The zero-order valence-corrected chi connectivity index (χ0v) is 8.95. The van der Waals surface area contributed by atoms with Gasteiger partial charge in [0, 0.05) is 6.20 Å². The lowest BCUT2D eigenvalue weighted by atomic mass is 10.4. The first-order valence-electron chi connectivity index (χ1n) is 5.03. The van der Waals surface area contributed by atoms with Crippen LogP contribution in [0.2, 0.25) is 0 Å². The van der Waals surface area contributed by atoms with E-state index < -0.39 is 5.82 Å². The topological polar surface area (TPSA) is 83.5 Å². The smallest absolute Gasteiger partial charge is 0.218 e. The minimum absolute atomic E-state index is 0.0607. The number of imidazole rings is 1. The highest BCUT2D eigenvalue weighted by molar-refractivity contribution is 5.57. The maximum absolute atomic E-state index is 13.2. The molecule has 0 aliphatic rings. The SMILES string of the molecule is Oc1cc(O)nc(-c2cnc3ccc(F)cn23)n1. The second-order valence-electron chi connectivity index (χ2n) is 3.63. The molecule has 3 aromatic rings. The number of fused-ring (bicyclic) bond motifs is 1. The molecule has 3 aromatic heterocycles. The summed E-state index contributed by atoms with van der Waals surface area (Å²) in [6, 6.07) is 3.79. The lowest BCUT2D eigenvalue weighted by Gasteiger charge is -2.01. The molecule has 2 N–H and O–H groups in total. The van der Waals surface area contributed by atoms with Crippen molar-refractivity contribution in [3.05, 3.63) is 36.4 Å². The van der Waals surface area contributed by atoms with E-state index in [1.165, 1.54) is 28.9 Å². The van der Waals surface area contributed by atoms with Crippen molar-refractivity contribution in [3.63, 3.8) is 0 Å². The molecule has 0 atom stereocenters. The molecule has 0 amide bonds. The van der Waals surface area contributed by atoms with Crippen LogP contribution >= 0.6 is 0 Å². The van der Waals surface area contributed by atoms with Crippen molar-refractivity contribution in [1.82, 2.24) is 19.4 Å². The van der Waals surface area contributed by atoms with Crippen LogP contribution in [0.4, 0.5) is 4.39 Å². The van der Waals surface area contributed by atoms with Gasteiger partial charge in [-0.15, -0.1) is 0 Å². The van der Waals surface area contributed by atoms with Gasteiger partial charge in [0.15, 0.2) is 5.82 Å². The molecule has 0 fully saturated rings. The first-order valence-corrected chi connectivity index (χ1v) is 5.03. The van der Waals surface area contributed by atoms with Crippen molar-refractivity contribution in [1.29, 1.82) is 0 Å². The van der Waals surface area contributed by atoms with Gasteiger partial charge in [0.05, 0.1) is 12.3 Å². The first kappa shape index (κ1) is 10.5. The molecule has 7 heteroatoms. The Bertz CT molecular complexity index is 721. The van der Waals surface area contributed by atoms with Gasteiger partial charge in [-0.05, 0) is 12.1 Å². The van der Waals surface area contributed by atoms with E-state index in [0.29, 0.717) is 11.3 Å². The second kappa shape index (κ2) is 3.66. The van der Waals surface area contributed by atoms with E-state index in [1.807, 2.05) is 0 Å². The Balaban J connectivity index is 2.27. The van der Waals surface area contributed by atoms with E-state index in [9.17, 15) is 14.6 Å². The summed E-state index contributed by atoms with van der Waals surface area (Å²) in [5.41, 5.74) is 0.883. The molecule has 0 aliphatic heterocycles.